The Balaban J connectivity index is 1.53. The van der Waals surface area contributed by atoms with Crippen LogP contribution in [0.15, 0.2) is 17.1 Å². The third-order valence-corrected chi connectivity index (χ3v) is 6.17. The van der Waals surface area contributed by atoms with E-state index in [1.54, 1.807) is 0 Å². The number of aryl methyl sites for hydroxylation is 1. The zero-order chi connectivity index (χ0) is 16.4. The molecule has 0 bridgehead atoms. The molecule has 0 spiro atoms. The van der Waals surface area contributed by atoms with Gasteiger partial charge in [0.15, 0.2) is 0 Å². The second-order valence-corrected chi connectivity index (χ2v) is 8.22. The number of hydrogen-bond acceptors (Lipinski definition) is 4. The van der Waals surface area contributed by atoms with Crippen molar-refractivity contribution < 1.29 is 13.2 Å². The highest BCUT2D eigenvalue weighted by Gasteiger charge is 2.35. The molecule has 1 saturated carbocycles. The number of nitrogens with zero attached hydrogens (tertiary/aromatic N) is 1. The summed E-state index contributed by atoms with van der Waals surface area (Å²) in [6.45, 7) is 3.46. The Bertz CT molecular complexity index is 724. The summed E-state index contributed by atoms with van der Waals surface area (Å²) in [6, 6.07) is 4.19. The van der Waals surface area contributed by atoms with Crippen molar-refractivity contribution in [1.82, 2.24) is 4.72 Å². The number of nitrogens with two attached hydrogens (primary N) is 1. The van der Waals surface area contributed by atoms with E-state index in [-0.39, 0.29) is 5.25 Å². The quantitative estimate of drug-likeness (QED) is 0.439. The fourth-order valence-corrected chi connectivity index (χ4v) is 4.08. The average molecular weight is 337 g/mol. The molecular weight excluding hydrogens is 314 g/mol. The van der Waals surface area contributed by atoms with Crippen LogP contribution in [0.2, 0.25) is 0 Å². The van der Waals surface area contributed by atoms with Crippen LogP contribution < -0.4 is 15.2 Å². The molecule has 2 aliphatic rings. The Kier molecular flexibility index (Phi) is 4.59. The van der Waals surface area contributed by atoms with Crippen LogP contribution in [0.3, 0.4) is 0 Å². The van der Waals surface area contributed by atoms with Crippen molar-refractivity contribution in [3.05, 3.63) is 28.8 Å². The van der Waals surface area contributed by atoms with Crippen LogP contribution in [0, 0.1) is 6.92 Å². The number of hydrogen-bond donors (Lipinski definition) is 2. The first-order valence-corrected chi connectivity index (χ1v) is 9.53. The largest absolute Gasteiger partial charge is 0.493 e. The molecule has 0 unspecified atom stereocenters. The van der Waals surface area contributed by atoms with Gasteiger partial charge in [-0.25, -0.2) is 13.1 Å². The van der Waals surface area contributed by atoms with Crippen LogP contribution in [0.25, 0.3) is 0 Å². The van der Waals surface area contributed by atoms with Crippen molar-refractivity contribution in [2.45, 2.75) is 37.9 Å². The Labute approximate surface area is 137 Å². The van der Waals surface area contributed by atoms with Gasteiger partial charge in [0.25, 0.3) is 0 Å². The molecule has 3 N–H and O–H groups in total. The summed E-state index contributed by atoms with van der Waals surface area (Å²) in [6.07, 6.45) is 3.04. The fraction of sp³-hybridized carbons (Fsp3) is 0.562. The first-order valence-electron chi connectivity index (χ1n) is 7.98. The number of aliphatic imine (C=N–C) groups is 1. The highest BCUT2D eigenvalue weighted by molar-refractivity contribution is 7.90. The lowest BCUT2D eigenvalue weighted by Gasteiger charge is -2.09. The molecule has 1 heterocycles. The van der Waals surface area contributed by atoms with Gasteiger partial charge < -0.3 is 10.5 Å². The van der Waals surface area contributed by atoms with Gasteiger partial charge in [-0.3, -0.25) is 4.99 Å². The van der Waals surface area contributed by atoms with Crippen molar-refractivity contribution in [1.29, 1.82) is 0 Å². The molecule has 1 aliphatic carbocycles. The summed E-state index contributed by atoms with van der Waals surface area (Å²) < 4.78 is 31.5. The van der Waals surface area contributed by atoms with E-state index in [0.29, 0.717) is 25.3 Å². The molecule has 0 radical (unpaired) electrons. The minimum atomic E-state index is -3.13. The van der Waals surface area contributed by atoms with Crippen molar-refractivity contribution in [2.75, 3.05) is 19.7 Å². The van der Waals surface area contributed by atoms with Crippen molar-refractivity contribution >= 4 is 15.9 Å². The second-order valence-electron chi connectivity index (χ2n) is 6.17. The first-order chi connectivity index (χ1) is 11.0. The van der Waals surface area contributed by atoms with E-state index in [0.717, 1.165) is 37.2 Å². The molecule has 7 heteroatoms. The van der Waals surface area contributed by atoms with E-state index in [4.69, 9.17) is 10.5 Å². The van der Waals surface area contributed by atoms with Crippen LogP contribution in [-0.4, -0.2) is 39.2 Å². The van der Waals surface area contributed by atoms with Crippen LogP contribution in [0.4, 0.5) is 0 Å². The van der Waals surface area contributed by atoms with E-state index < -0.39 is 10.0 Å². The molecule has 3 rings (SSSR count). The highest BCUT2D eigenvalue weighted by atomic mass is 32.2. The van der Waals surface area contributed by atoms with Crippen molar-refractivity contribution in [3.63, 3.8) is 0 Å². The first kappa shape index (κ1) is 16.3. The van der Waals surface area contributed by atoms with Gasteiger partial charge in [-0.2, -0.15) is 0 Å². The van der Waals surface area contributed by atoms with E-state index in [9.17, 15) is 8.42 Å². The van der Waals surface area contributed by atoms with E-state index in [2.05, 4.69) is 22.7 Å². The number of benzene rings is 1. The van der Waals surface area contributed by atoms with Crippen LogP contribution in [0.1, 0.15) is 29.5 Å². The lowest BCUT2D eigenvalue weighted by molar-refractivity contribution is 0.356. The van der Waals surface area contributed by atoms with Gasteiger partial charge in [-0.15, -0.1) is 0 Å². The van der Waals surface area contributed by atoms with Crippen molar-refractivity contribution in [2.24, 2.45) is 10.7 Å². The molecule has 1 aromatic carbocycles. The third kappa shape index (κ3) is 4.03. The number of fused-ring (bicyclic) bond motifs is 1. The molecule has 1 fully saturated rings. The third-order valence-electron chi connectivity index (χ3n) is 4.21. The fourth-order valence-electron chi connectivity index (χ4n) is 2.72. The molecule has 0 aromatic heterocycles. The maximum Gasteiger partial charge on any atom is 0.214 e. The lowest BCUT2D eigenvalue weighted by Crippen LogP contribution is -2.30. The number of rotatable bonds is 7. The monoisotopic (exact) mass is 337 g/mol. The number of ether oxygens (including phenoxy) is 1. The minimum Gasteiger partial charge on any atom is -0.493 e. The predicted molar refractivity (Wildman–Crippen MR) is 90.5 cm³/mol. The summed E-state index contributed by atoms with van der Waals surface area (Å²) >= 11 is 0. The number of nitrogens with one attached hydrogen (secondary N) is 1. The maximum atomic E-state index is 11.7. The molecule has 23 heavy (non-hydrogen) atoms. The van der Waals surface area contributed by atoms with E-state index in [1.807, 2.05) is 6.07 Å². The van der Waals surface area contributed by atoms with Gasteiger partial charge in [-0.05, 0) is 42.5 Å². The number of amidine groups is 1. The van der Waals surface area contributed by atoms with Gasteiger partial charge in [0.05, 0.1) is 24.2 Å². The standard InChI is InChI=1S/C16H23N3O3S/c1-11-8-12-4-7-22-15(12)9-13(11)10-16(17)18-5-6-19-23(20,21)14-2-3-14/h8-9,14,19H,2-7,10H2,1H3,(H2,17,18). The predicted octanol–water partition coefficient (Wildman–Crippen LogP) is 0.911. The Morgan fingerprint density at radius 1 is 1.43 bits per heavy atom. The zero-order valence-electron chi connectivity index (χ0n) is 13.3. The smallest absolute Gasteiger partial charge is 0.214 e. The molecule has 126 valence electrons. The van der Waals surface area contributed by atoms with E-state index in [1.165, 1.54) is 11.1 Å². The van der Waals surface area contributed by atoms with E-state index >= 15 is 0 Å². The highest BCUT2D eigenvalue weighted by Crippen LogP contribution is 2.29. The molecule has 0 atom stereocenters. The SMILES string of the molecule is Cc1cc2c(cc1CC(N)=NCCNS(=O)(=O)C1CC1)OCC2. The summed E-state index contributed by atoms with van der Waals surface area (Å²) in [5.74, 6) is 1.45. The minimum absolute atomic E-state index is 0.196. The van der Waals surface area contributed by atoms with Crippen LogP contribution in [0.5, 0.6) is 5.75 Å². The van der Waals surface area contributed by atoms with Gasteiger partial charge in [0.1, 0.15) is 5.75 Å². The molecule has 0 saturated heterocycles. The molecular formula is C16H23N3O3S. The van der Waals surface area contributed by atoms with Crippen molar-refractivity contribution in [3.8, 4) is 5.75 Å². The lowest BCUT2D eigenvalue weighted by atomic mass is 10.0. The molecule has 0 amide bonds. The van der Waals surface area contributed by atoms with Gasteiger partial charge in [-0.1, -0.05) is 6.07 Å². The van der Waals surface area contributed by atoms with Gasteiger partial charge >= 0.3 is 0 Å². The summed E-state index contributed by atoms with van der Waals surface area (Å²) in [4.78, 5) is 4.26. The topological polar surface area (TPSA) is 93.8 Å². The summed E-state index contributed by atoms with van der Waals surface area (Å²) in [7, 11) is -3.13. The van der Waals surface area contributed by atoms with Crippen LogP contribution >= 0.6 is 0 Å². The zero-order valence-corrected chi connectivity index (χ0v) is 14.2. The van der Waals surface area contributed by atoms with Gasteiger partial charge in [0.2, 0.25) is 10.0 Å². The maximum absolute atomic E-state index is 11.7. The number of sulfonamides is 1. The Hall–Kier alpha value is -1.60. The second kappa shape index (κ2) is 6.49. The molecule has 1 aliphatic heterocycles. The molecule has 6 nitrogen and oxygen atoms in total. The van der Waals surface area contributed by atoms with Gasteiger partial charge in [0, 0.05) is 19.4 Å². The average Bonchev–Trinajstić information content (AvgIpc) is 3.26. The summed E-state index contributed by atoms with van der Waals surface area (Å²) in [5, 5.41) is -0.196. The van der Waals surface area contributed by atoms with Crippen LogP contribution in [-0.2, 0) is 22.9 Å². The Morgan fingerprint density at radius 3 is 2.96 bits per heavy atom. The normalized spacial score (nSPS) is 17.9. The Morgan fingerprint density at radius 2 is 2.22 bits per heavy atom. The summed E-state index contributed by atoms with van der Waals surface area (Å²) in [5.41, 5.74) is 9.50. The molecule has 1 aromatic rings.